The van der Waals surface area contributed by atoms with Crippen molar-refractivity contribution in [2.24, 2.45) is 0 Å². The number of benzene rings is 9. The minimum atomic E-state index is 0.945. The third kappa shape index (κ3) is 6.30. The molecule has 9 aromatic carbocycles. The standard InChI is InChI=1S/C57H39N3/c1-4-17-40(18-5-1)44-23-16-24-47(37-44)59-55-30-15-14-29-52(55)53-38-45(33-36-56(53)59)49-26-11-13-28-51(49)50-27-12-10-25-48(50)41-31-34-46(35-32-41)60-57(43-21-8-3-9-22-43)39-54(58-60)42-19-6-2-7-20-42/h1-39H. The fourth-order valence-electron chi connectivity index (χ4n) is 8.74. The van der Waals surface area contributed by atoms with E-state index in [-0.39, 0.29) is 0 Å². The van der Waals surface area contributed by atoms with E-state index in [4.69, 9.17) is 5.10 Å². The molecule has 0 aliphatic carbocycles. The first-order chi connectivity index (χ1) is 29.8. The second kappa shape index (κ2) is 15.1. The first kappa shape index (κ1) is 35.2. The summed E-state index contributed by atoms with van der Waals surface area (Å²) in [5, 5.41) is 7.60. The molecule has 0 N–H and O–H groups in total. The van der Waals surface area contributed by atoms with Gasteiger partial charge < -0.3 is 4.57 Å². The Balaban J connectivity index is 0.984. The molecule has 3 heteroatoms. The van der Waals surface area contributed by atoms with Crippen LogP contribution in [0.5, 0.6) is 0 Å². The van der Waals surface area contributed by atoms with Gasteiger partial charge in [0, 0.05) is 27.6 Å². The van der Waals surface area contributed by atoms with Gasteiger partial charge in [0.05, 0.1) is 28.1 Å². The van der Waals surface area contributed by atoms with E-state index in [2.05, 4.69) is 240 Å². The number of hydrogen-bond acceptors (Lipinski definition) is 1. The quantitative estimate of drug-likeness (QED) is 0.151. The Hall–Kier alpha value is -8.01. The van der Waals surface area contributed by atoms with Gasteiger partial charge in [0.25, 0.3) is 0 Å². The molecule has 0 aliphatic heterocycles. The zero-order valence-corrected chi connectivity index (χ0v) is 32.9. The van der Waals surface area contributed by atoms with Crippen LogP contribution >= 0.6 is 0 Å². The molecule has 0 bridgehead atoms. The van der Waals surface area contributed by atoms with Crippen LogP contribution in [-0.4, -0.2) is 14.3 Å². The monoisotopic (exact) mass is 765 g/mol. The second-order valence-electron chi connectivity index (χ2n) is 15.2. The molecule has 0 unspecified atom stereocenters. The van der Waals surface area contributed by atoms with Gasteiger partial charge in [-0.05, 0) is 93.0 Å². The highest BCUT2D eigenvalue weighted by atomic mass is 15.3. The van der Waals surface area contributed by atoms with E-state index >= 15 is 0 Å². The van der Waals surface area contributed by atoms with Gasteiger partial charge in [-0.2, -0.15) is 5.10 Å². The summed E-state index contributed by atoms with van der Waals surface area (Å²) in [5.74, 6) is 0. The highest BCUT2D eigenvalue weighted by Crippen LogP contribution is 2.41. The summed E-state index contributed by atoms with van der Waals surface area (Å²) in [5.41, 5.74) is 18.3. The van der Waals surface area contributed by atoms with Crippen molar-refractivity contribution >= 4 is 21.8 Å². The molecule has 282 valence electrons. The fourth-order valence-corrected chi connectivity index (χ4v) is 8.74. The zero-order chi connectivity index (χ0) is 39.8. The van der Waals surface area contributed by atoms with Gasteiger partial charge in [-0.25, -0.2) is 4.68 Å². The topological polar surface area (TPSA) is 22.8 Å². The lowest BCUT2D eigenvalue weighted by Crippen LogP contribution is -1.99. The first-order valence-electron chi connectivity index (χ1n) is 20.5. The first-order valence-corrected chi connectivity index (χ1v) is 20.5. The largest absolute Gasteiger partial charge is 0.309 e. The SMILES string of the molecule is c1ccc(-c2cccc(-n3c4ccccc4c4cc(-c5ccccc5-c5ccccc5-c5ccc(-n6nc(-c7ccccc7)cc6-c6ccccc6)cc5)ccc43)c2)cc1. The lowest BCUT2D eigenvalue weighted by Gasteiger charge is -2.16. The predicted molar refractivity (Wildman–Crippen MR) is 251 cm³/mol. The van der Waals surface area contributed by atoms with Crippen molar-refractivity contribution in [3.63, 3.8) is 0 Å². The Morgan fingerprint density at radius 3 is 1.52 bits per heavy atom. The van der Waals surface area contributed by atoms with Crippen molar-refractivity contribution < 1.29 is 0 Å². The van der Waals surface area contributed by atoms with Crippen LogP contribution in [0, 0.1) is 0 Å². The Labute approximate surface area is 349 Å². The van der Waals surface area contributed by atoms with E-state index in [0.29, 0.717) is 0 Å². The maximum Gasteiger partial charge on any atom is 0.0934 e. The molecular weight excluding hydrogens is 727 g/mol. The molecule has 60 heavy (non-hydrogen) atoms. The second-order valence-corrected chi connectivity index (χ2v) is 15.2. The lowest BCUT2D eigenvalue weighted by atomic mass is 9.89. The van der Waals surface area contributed by atoms with E-state index in [1.165, 1.54) is 60.8 Å². The lowest BCUT2D eigenvalue weighted by molar-refractivity contribution is 0.892. The van der Waals surface area contributed by atoms with E-state index in [1.807, 2.05) is 6.07 Å². The molecule has 11 rings (SSSR count). The van der Waals surface area contributed by atoms with Gasteiger partial charge in [-0.15, -0.1) is 0 Å². The van der Waals surface area contributed by atoms with Crippen molar-refractivity contribution in [2.45, 2.75) is 0 Å². The zero-order valence-electron chi connectivity index (χ0n) is 32.9. The van der Waals surface area contributed by atoms with Crippen LogP contribution in [0.4, 0.5) is 0 Å². The molecule has 3 nitrogen and oxygen atoms in total. The molecule has 2 aromatic heterocycles. The van der Waals surface area contributed by atoms with Crippen molar-refractivity contribution in [3.05, 3.63) is 237 Å². The average molecular weight is 766 g/mol. The highest BCUT2D eigenvalue weighted by Gasteiger charge is 2.18. The summed E-state index contributed by atoms with van der Waals surface area (Å²) in [6.45, 7) is 0. The van der Waals surface area contributed by atoms with Gasteiger partial charge in [-0.3, -0.25) is 0 Å². The maximum absolute atomic E-state index is 5.13. The molecule has 2 heterocycles. The molecule has 11 aromatic rings. The normalized spacial score (nSPS) is 11.3. The Morgan fingerprint density at radius 2 is 0.817 bits per heavy atom. The summed E-state index contributed by atoms with van der Waals surface area (Å²) in [6, 6.07) is 84.7. The number of hydrogen-bond donors (Lipinski definition) is 0. The molecule has 0 spiro atoms. The molecule has 0 aliphatic rings. The number of rotatable bonds is 8. The number of nitrogens with zero attached hydrogens (tertiary/aromatic N) is 3. The van der Waals surface area contributed by atoms with Gasteiger partial charge in [-0.1, -0.05) is 188 Å². The van der Waals surface area contributed by atoms with Gasteiger partial charge in [0.2, 0.25) is 0 Å². The third-order valence-electron chi connectivity index (χ3n) is 11.6. The van der Waals surface area contributed by atoms with Gasteiger partial charge in [0.1, 0.15) is 0 Å². The maximum atomic E-state index is 5.13. The summed E-state index contributed by atoms with van der Waals surface area (Å²) < 4.78 is 4.47. The number of fused-ring (bicyclic) bond motifs is 3. The summed E-state index contributed by atoms with van der Waals surface area (Å²) in [6.07, 6.45) is 0. The smallest absolute Gasteiger partial charge is 0.0934 e. The van der Waals surface area contributed by atoms with Crippen LogP contribution in [0.15, 0.2) is 237 Å². The van der Waals surface area contributed by atoms with Crippen LogP contribution in [0.25, 0.3) is 100 Å². The van der Waals surface area contributed by atoms with Crippen molar-refractivity contribution in [2.75, 3.05) is 0 Å². The molecule has 0 saturated heterocycles. The fraction of sp³-hybridized carbons (Fsp3) is 0. The molecule has 0 fully saturated rings. The molecule has 0 saturated carbocycles. The molecule has 0 radical (unpaired) electrons. The molecular formula is C57H39N3. The molecule has 0 amide bonds. The van der Waals surface area contributed by atoms with E-state index in [1.54, 1.807) is 0 Å². The van der Waals surface area contributed by atoms with Crippen LogP contribution in [0.2, 0.25) is 0 Å². The van der Waals surface area contributed by atoms with Crippen LogP contribution < -0.4 is 0 Å². The van der Waals surface area contributed by atoms with Crippen molar-refractivity contribution in [1.29, 1.82) is 0 Å². The summed E-state index contributed by atoms with van der Waals surface area (Å²) >= 11 is 0. The minimum absolute atomic E-state index is 0.945. The van der Waals surface area contributed by atoms with Gasteiger partial charge in [0.15, 0.2) is 0 Å². The minimum Gasteiger partial charge on any atom is -0.309 e. The predicted octanol–water partition coefficient (Wildman–Crippen LogP) is 15.0. The van der Waals surface area contributed by atoms with Crippen LogP contribution in [0.1, 0.15) is 0 Å². The Morgan fingerprint density at radius 1 is 0.283 bits per heavy atom. The Bertz CT molecular complexity index is 3290. The molecule has 0 atom stereocenters. The van der Waals surface area contributed by atoms with E-state index in [9.17, 15) is 0 Å². The summed E-state index contributed by atoms with van der Waals surface area (Å²) in [4.78, 5) is 0. The Kier molecular flexibility index (Phi) is 8.83. The third-order valence-corrected chi connectivity index (χ3v) is 11.6. The highest BCUT2D eigenvalue weighted by molar-refractivity contribution is 6.11. The number of aromatic nitrogens is 3. The average Bonchev–Trinajstić information content (AvgIpc) is 3.93. The van der Waals surface area contributed by atoms with E-state index < -0.39 is 0 Å². The van der Waals surface area contributed by atoms with Crippen LogP contribution in [-0.2, 0) is 0 Å². The van der Waals surface area contributed by atoms with E-state index in [0.717, 1.165) is 39.5 Å². The van der Waals surface area contributed by atoms with Crippen LogP contribution in [0.3, 0.4) is 0 Å². The van der Waals surface area contributed by atoms with Crippen molar-refractivity contribution in [1.82, 2.24) is 14.3 Å². The van der Waals surface area contributed by atoms with Crippen molar-refractivity contribution in [3.8, 4) is 78.4 Å². The van der Waals surface area contributed by atoms with Gasteiger partial charge >= 0.3 is 0 Å². The summed E-state index contributed by atoms with van der Waals surface area (Å²) in [7, 11) is 0. The number of para-hydroxylation sites is 1.